The summed E-state index contributed by atoms with van der Waals surface area (Å²) in [5.74, 6) is 0. The molecule has 0 amide bonds. The van der Waals surface area contributed by atoms with Crippen molar-refractivity contribution in [2.45, 2.75) is 0 Å². The van der Waals surface area contributed by atoms with Crippen molar-refractivity contribution in [3.8, 4) is 16.5 Å². The number of halogens is 1. The topological polar surface area (TPSA) is 36.7 Å². The van der Waals surface area contributed by atoms with Gasteiger partial charge in [-0.1, -0.05) is 11.6 Å². The normalized spacial score (nSPS) is 9.85. The summed E-state index contributed by atoms with van der Waals surface area (Å²) in [6.07, 6.45) is 0. The Labute approximate surface area is 88.2 Å². The predicted molar refractivity (Wildman–Crippen MR) is 55.2 cm³/mol. The van der Waals surface area contributed by atoms with Crippen LogP contribution in [0.5, 0.6) is 0 Å². The molecule has 2 aromatic rings. The third-order valence-corrected chi connectivity index (χ3v) is 3.50. The SMILES string of the molecule is N#Cc1c(Cl)nsc1-c1ccsc1. The lowest BCUT2D eigenvalue weighted by Crippen LogP contribution is -1.73. The van der Waals surface area contributed by atoms with E-state index >= 15 is 0 Å². The number of nitrogens with zero attached hydrogens (tertiary/aromatic N) is 2. The number of thiophene rings is 1. The van der Waals surface area contributed by atoms with Gasteiger partial charge in [0.25, 0.3) is 0 Å². The summed E-state index contributed by atoms with van der Waals surface area (Å²) in [6.45, 7) is 0. The van der Waals surface area contributed by atoms with Crippen molar-refractivity contribution in [1.82, 2.24) is 4.37 Å². The van der Waals surface area contributed by atoms with Crippen molar-refractivity contribution in [3.05, 3.63) is 27.5 Å². The van der Waals surface area contributed by atoms with Gasteiger partial charge in [-0.15, -0.1) is 0 Å². The highest BCUT2D eigenvalue weighted by Gasteiger charge is 2.13. The standard InChI is InChI=1S/C8H3ClN2S2/c9-8-6(3-10)7(13-11-8)5-1-2-12-4-5/h1-2,4H. The van der Waals surface area contributed by atoms with Crippen LogP contribution in [0.15, 0.2) is 16.8 Å². The summed E-state index contributed by atoms with van der Waals surface area (Å²) >= 11 is 8.59. The van der Waals surface area contributed by atoms with Gasteiger partial charge in [-0.05, 0) is 28.4 Å². The smallest absolute Gasteiger partial charge is 0.161 e. The Bertz CT molecular complexity index is 453. The molecule has 0 N–H and O–H groups in total. The quantitative estimate of drug-likeness (QED) is 0.747. The summed E-state index contributed by atoms with van der Waals surface area (Å²) in [7, 11) is 0. The molecule has 0 saturated carbocycles. The summed E-state index contributed by atoms with van der Waals surface area (Å²) in [6, 6.07) is 4.01. The van der Waals surface area contributed by atoms with Gasteiger partial charge in [-0.2, -0.15) is 21.0 Å². The zero-order chi connectivity index (χ0) is 9.26. The average molecular weight is 227 g/mol. The van der Waals surface area contributed by atoms with Gasteiger partial charge in [-0.25, -0.2) is 0 Å². The van der Waals surface area contributed by atoms with Crippen LogP contribution in [0, 0.1) is 11.3 Å². The highest BCUT2D eigenvalue weighted by atomic mass is 35.5. The first-order chi connectivity index (χ1) is 6.33. The molecule has 0 bridgehead atoms. The summed E-state index contributed by atoms with van der Waals surface area (Å²) < 4.78 is 3.93. The molecule has 0 aliphatic heterocycles. The van der Waals surface area contributed by atoms with E-state index in [2.05, 4.69) is 10.4 Å². The van der Waals surface area contributed by atoms with Gasteiger partial charge < -0.3 is 0 Å². The van der Waals surface area contributed by atoms with E-state index < -0.39 is 0 Å². The van der Waals surface area contributed by atoms with Crippen LogP contribution in [-0.2, 0) is 0 Å². The maximum Gasteiger partial charge on any atom is 0.161 e. The summed E-state index contributed by atoms with van der Waals surface area (Å²) in [4.78, 5) is 0.855. The number of hydrogen-bond donors (Lipinski definition) is 0. The summed E-state index contributed by atoms with van der Waals surface area (Å²) in [5.41, 5.74) is 1.50. The van der Waals surface area contributed by atoms with Crippen LogP contribution < -0.4 is 0 Å². The lowest BCUT2D eigenvalue weighted by atomic mass is 10.2. The Morgan fingerprint density at radius 1 is 1.54 bits per heavy atom. The molecule has 0 fully saturated rings. The predicted octanol–water partition coefficient (Wildman–Crippen LogP) is 3.40. The third kappa shape index (κ3) is 1.46. The molecule has 5 heteroatoms. The van der Waals surface area contributed by atoms with E-state index in [1.165, 1.54) is 11.5 Å². The first-order valence-electron chi connectivity index (χ1n) is 3.40. The molecule has 0 spiro atoms. The van der Waals surface area contributed by atoms with Gasteiger partial charge >= 0.3 is 0 Å². The second-order valence-electron chi connectivity index (χ2n) is 2.30. The number of hydrogen-bond acceptors (Lipinski definition) is 4. The van der Waals surface area contributed by atoms with E-state index in [9.17, 15) is 0 Å². The van der Waals surface area contributed by atoms with E-state index in [0.29, 0.717) is 10.7 Å². The molecule has 2 aromatic heterocycles. The molecule has 0 radical (unpaired) electrons. The third-order valence-electron chi connectivity index (χ3n) is 1.55. The van der Waals surface area contributed by atoms with E-state index in [1.54, 1.807) is 11.3 Å². The number of aromatic nitrogens is 1. The fourth-order valence-electron chi connectivity index (χ4n) is 0.958. The minimum Gasteiger partial charge on any atom is -0.192 e. The molecular weight excluding hydrogens is 224 g/mol. The van der Waals surface area contributed by atoms with Crippen molar-refractivity contribution in [1.29, 1.82) is 5.26 Å². The Hall–Kier alpha value is -0.890. The first kappa shape index (κ1) is 8.70. The van der Waals surface area contributed by atoms with Gasteiger partial charge in [-0.3, -0.25) is 0 Å². The Morgan fingerprint density at radius 2 is 2.38 bits per heavy atom. The zero-order valence-electron chi connectivity index (χ0n) is 6.32. The fraction of sp³-hybridized carbons (Fsp3) is 0. The second-order valence-corrected chi connectivity index (χ2v) is 4.21. The van der Waals surface area contributed by atoms with Gasteiger partial charge in [0.1, 0.15) is 11.6 Å². The van der Waals surface area contributed by atoms with Gasteiger partial charge in [0.2, 0.25) is 0 Å². The maximum absolute atomic E-state index is 8.82. The van der Waals surface area contributed by atoms with E-state index in [0.717, 1.165) is 10.4 Å². The molecule has 2 nitrogen and oxygen atoms in total. The van der Waals surface area contributed by atoms with Crippen molar-refractivity contribution < 1.29 is 0 Å². The monoisotopic (exact) mass is 226 g/mol. The lowest BCUT2D eigenvalue weighted by molar-refractivity contribution is 1.47. The van der Waals surface area contributed by atoms with Crippen molar-refractivity contribution in [2.75, 3.05) is 0 Å². The molecule has 0 saturated heterocycles. The molecule has 64 valence electrons. The fourth-order valence-corrected chi connectivity index (χ4v) is 2.70. The van der Waals surface area contributed by atoms with Crippen LogP contribution in [0.3, 0.4) is 0 Å². The molecule has 2 heterocycles. The first-order valence-corrected chi connectivity index (χ1v) is 5.50. The van der Waals surface area contributed by atoms with Crippen molar-refractivity contribution >= 4 is 34.5 Å². The number of rotatable bonds is 1. The largest absolute Gasteiger partial charge is 0.192 e. The van der Waals surface area contributed by atoms with Crippen molar-refractivity contribution in [2.24, 2.45) is 0 Å². The van der Waals surface area contributed by atoms with Crippen LogP contribution in [0.4, 0.5) is 0 Å². The summed E-state index contributed by atoms with van der Waals surface area (Å²) in [5, 5.41) is 13.1. The van der Waals surface area contributed by atoms with Crippen LogP contribution in [0.25, 0.3) is 10.4 Å². The maximum atomic E-state index is 8.82. The van der Waals surface area contributed by atoms with Crippen LogP contribution in [0.2, 0.25) is 5.15 Å². The zero-order valence-corrected chi connectivity index (χ0v) is 8.71. The van der Waals surface area contributed by atoms with Crippen LogP contribution in [-0.4, -0.2) is 4.37 Å². The minimum absolute atomic E-state index is 0.300. The Balaban J connectivity index is 2.60. The van der Waals surface area contributed by atoms with Crippen molar-refractivity contribution in [3.63, 3.8) is 0 Å². The molecule has 0 aromatic carbocycles. The molecular formula is C8H3ClN2S2. The van der Waals surface area contributed by atoms with Gasteiger partial charge in [0, 0.05) is 5.56 Å². The average Bonchev–Trinajstić information content (AvgIpc) is 2.71. The Kier molecular flexibility index (Phi) is 2.32. The van der Waals surface area contributed by atoms with E-state index in [1.807, 2.05) is 16.8 Å². The highest BCUT2D eigenvalue weighted by molar-refractivity contribution is 7.11. The van der Waals surface area contributed by atoms with Crippen LogP contribution in [0.1, 0.15) is 5.56 Å². The molecule has 0 aliphatic carbocycles. The highest BCUT2D eigenvalue weighted by Crippen LogP contribution is 2.33. The van der Waals surface area contributed by atoms with Gasteiger partial charge in [0.15, 0.2) is 5.15 Å². The second kappa shape index (κ2) is 3.46. The number of nitriles is 1. The molecule has 13 heavy (non-hydrogen) atoms. The molecule has 0 unspecified atom stereocenters. The minimum atomic E-state index is 0.300. The van der Waals surface area contributed by atoms with E-state index in [4.69, 9.17) is 16.9 Å². The Morgan fingerprint density at radius 3 is 3.00 bits per heavy atom. The van der Waals surface area contributed by atoms with Gasteiger partial charge in [0.05, 0.1) is 4.88 Å². The van der Waals surface area contributed by atoms with E-state index in [-0.39, 0.29) is 0 Å². The molecule has 2 rings (SSSR count). The molecule has 0 atom stereocenters. The van der Waals surface area contributed by atoms with Crippen LogP contribution >= 0.6 is 34.5 Å². The molecule has 0 aliphatic rings. The lowest BCUT2D eigenvalue weighted by Gasteiger charge is -1.89.